The Balaban J connectivity index is 1.73. The molecule has 1 aromatic rings. The van der Waals surface area contributed by atoms with Gasteiger partial charge in [0.15, 0.2) is 5.82 Å². The van der Waals surface area contributed by atoms with Crippen LogP contribution >= 0.6 is 0 Å². The molecule has 1 fully saturated rings. The van der Waals surface area contributed by atoms with Crippen molar-refractivity contribution in [3.63, 3.8) is 0 Å². The molecule has 0 radical (unpaired) electrons. The summed E-state index contributed by atoms with van der Waals surface area (Å²) < 4.78 is 5.16. The van der Waals surface area contributed by atoms with Crippen molar-refractivity contribution in [2.24, 2.45) is 5.73 Å². The topological polar surface area (TPSA) is 85.2 Å². The van der Waals surface area contributed by atoms with Gasteiger partial charge in [-0.05, 0) is 25.7 Å². The molecule has 0 aromatic carbocycles. The molecule has 0 aliphatic carbocycles. The zero-order chi connectivity index (χ0) is 14.4. The smallest absolute Gasteiger partial charge is 0.226 e. The van der Waals surface area contributed by atoms with Crippen molar-refractivity contribution in [2.75, 3.05) is 13.1 Å². The number of carbonyl (C=O) groups is 1. The molecule has 1 atom stereocenters. The lowest BCUT2D eigenvalue weighted by Gasteiger charge is -2.23. The van der Waals surface area contributed by atoms with E-state index in [0.717, 1.165) is 44.5 Å². The summed E-state index contributed by atoms with van der Waals surface area (Å²) in [5.74, 6) is 1.60. The lowest BCUT2D eigenvalue weighted by Crippen LogP contribution is -2.39. The van der Waals surface area contributed by atoms with Gasteiger partial charge < -0.3 is 15.2 Å². The Hall–Kier alpha value is -1.43. The minimum absolute atomic E-state index is 0.200. The molecule has 2 N–H and O–H groups in total. The summed E-state index contributed by atoms with van der Waals surface area (Å²) in [6.45, 7) is 3.50. The van der Waals surface area contributed by atoms with Crippen LogP contribution in [0.3, 0.4) is 0 Å². The third-order valence-corrected chi connectivity index (χ3v) is 3.73. The van der Waals surface area contributed by atoms with Gasteiger partial charge in [0.25, 0.3) is 0 Å². The Kier molecular flexibility index (Phi) is 5.52. The maximum atomic E-state index is 12.1. The average molecular weight is 280 g/mol. The van der Waals surface area contributed by atoms with E-state index in [1.807, 2.05) is 4.90 Å². The third kappa shape index (κ3) is 3.79. The highest BCUT2D eigenvalue weighted by molar-refractivity contribution is 5.76. The fourth-order valence-electron chi connectivity index (χ4n) is 2.66. The van der Waals surface area contributed by atoms with Crippen molar-refractivity contribution < 1.29 is 9.32 Å². The number of nitrogens with two attached hydrogens (primary N) is 1. The van der Waals surface area contributed by atoms with Crippen molar-refractivity contribution in [3.8, 4) is 0 Å². The van der Waals surface area contributed by atoms with E-state index in [1.54, 1.807) is 0 Å². The van der Waals surface area contributed by atoms with Gasteiger partial charge in [-0.15, -0.1) is 0 Å². The maximum absolute atomic E-state index is 12.1. The molecule has 20 heavy (non-hydrogen) atoms. The van der Waals surface area contributed by atoms with E-state index in [0.29, 0.717) is 25.3 Å². The summed E-state index contributed by atoms with van der Waals surface area (Å²) in [6, 6.07) is 0.238. The van der Waals surface area contributed by atoms with Gasteiger partial charge in [-0.3, -0.25) is 4.79 Å². The van der Waals surface area contributed by atoms with Crippen molar-refractivity contribution in [1.82, 2.24) is 15.0 Å². The molecule has 6 nitrogen and oxygen atoms in total. The summed E-state index contributed by atoms with van der Waals surface area (Å²) in [5.41, 5.74) is 5.69. The van der Waals surface area contributed by atoms with Crippen LogP contribution in [0.4, 0.5) is 0 Å². The van der Waals surface area contributed by atoms with Crippen LogP contribution in [-0.4, -0.2) is 40.1 Å². The van der Waals surface area contributed by atoms with Crippen molar-refractivity contribution >= 4 is 5.91 Å². The Morgan fingerprint density at radius 3 is 3.10 bits per heavy atom. The van der Waals surface area contributed by atoms with Crippen LogP contribution < -0.4 is 5.73 Å². The first-order valence-corrected chi connectivity index (χ1v) is 7.55. The number of carbonyl (C=O) groups excluding carboxylic acids is 1. The summed E-state index contributed by atoms with van der Waals surface area (Å²) in [7, 11) is 0. The molecule has 1 aromatic heterocycles. The van der Waals surface area contributed by atoms with Crippen LogP contribution in [0.1, 0.15) is 50.7 Å². The Bertz CT molecular complexity index is 433. The van der Waals surface area contributed by atoms with Gasteiger partial charge in [0.2, 0.25) is 11.8 Å². The fourth-order valence-corrected chi connectivity index (χ4v) is 2.66. The number of hydrogen-bond donors (Lipinski definition) is 1. The highest BCUT2D eigenvalue weighted by Gasteiger charge is 2.26. The second kappa shape index (κ2) is 7.38. The van der Waals surface area contributed by atoms with Gasteiger partial charge in [-0.2, -0.15) is 4.98 Å². The largest absolute Gasteiger partial charge is 0.339 e. The van der Waals surface area contributed by atoms with Gasteiger partial charge in [0.05, 0.1) is 0 Å². The number of aryl methyl sites for hydroxylation is 2. The number of aromatic nitrogens is 2. The standard InChI is InChI=1S/C14H24N4O2/c1-2-5-12-16-13(20-17-12)7-3-8-14(19)18-9-4-6-11(18)10-15/h11H,2-10,15H2,1H3. The second-order valence-corrected chi connectivity index (χ2v) is 5.33. The van der Waals surface area contributed by atoms with E-state index < -0.39 is 0 Å². The van der Waals surface area contributed by atoms with E-state index >= 15 is 0 Å². The highest BCUT2D eigenvalue weighted by Crippen LogP contribution is 2.18. The van der Waals surface area contributed by atoms with Crippen molar-refractivity contribution in [1.29, 1.82) is 0 Å². The number of hydrogen-bond acceptors (Lipinski definition) is 5. The van der Waals surface area contributed by atoms with E-state index in [2.05, 4.69) is 17.1 Å². The molecular formula is C14H24N4O2. The number of nitrogens with zero attached hydrogens (tertiary/aromatic N) is 3. The molecule has 2 rings (SSSR count). The SMILES string of the molecule is CCCc1noc(CCCC(=O)N2CCCC2CN)n1. The number of likely N-dealkylation sites (tertiary alicyclic amines) is 1. The minimum atomic E-state index is 0.200. The van der Waals surface area contributed by atoms with Gasteiger partial charge in [-0.1, -0.05) is 12.1 Å². The van der Waals surface area contributed by atoms with Gasteiger partial charge >= 0.3 is 0 Å². The molecular weight excluding hydrogens is 256 g/mol. The molecule has 0 spiro atoms. The van der Waals surface area contributed by atoms with Gasteiger partial charge in [0.1, 0.15) is 0 Å². The van der Waals surface area contributed by atoms with Crippen LogP contribution in [-0.2, 0) is 17.6 Å². The normalized spacial score (nSPS) is 18.7. The van der Waals surface area contributed by atoms with Crippen LogP contribution in [0, 0.1) is 0 Å². The van der Waals surface area contributed by atoms with E-state index in [4.69, 9.17) is 10.3 Å². The second-order valence-electron chi connectivity index (χ2n) is 5.33. The average Bonchev–Trinajstić information content (AvgIpc) is 3.07. The zero-order valence-corrected chi connectivity index (χ0v) is 12.2. The highest BCUT2D eigenvalue weighted by atomic mass is 16.5. The molecule has 1 aliphatic rings. The first-order valence-electron chi connectivity index (χ1n) is 7.55. The number of amides is 1. The van der Waals surface area contributed by atoms with Gasteiger partial charge in [0, 0.05) is 38.4 Å². The summed E-state index contributed by atoms with van der Waals surface area (Å²) in [6.07, 6.45) is 5.90. The zero-order valence-electron chi connectivity index (χ0n) is 12.2. The first kappa shape index (κ1) is 15.0. The van der Waals surface area contributed by atoms with E-state index in [1.165, 1.54) is 0 Å². The molecule has 0 saturated carbocycles. The van der Waals surface area contributed by atoms with Crippen LogP contribution in [0.25, 0.3) is 0 Å². The molecule has 2 heterocycles. The van der Waals surface area contributed by atoms with Crippen molar-refractivity contribution in [3.05, 3.63) is 11.7 Å². The third-order valence-electron chi connectivity index (χ3n) is 3.73. The predicted molar refractivity (Wildman–Crippen MR) is 75.0 cm³/mol. The molecule has 1 aliphatic heterocycles. The molecule has 1 saturated heterocycles. The van der Waals surface area contributed by atoms with Crippen molar-refractivity contribution in [2.45, 2.75) is 57.9 Å². The monoisotopic (exact) mass is 280 g/mol. The van der Waals surface area contributed by atoms with E-state index in [-0.39, 0.29) is 11.9 Å². The summed E-state index contributed by atoms with van der Waals surface area (Å²) in [5, 5.41) is 3.91. The summed E-state index contributed by atoms with van der Waals surface area (Å²) in [4.78, 5) is 18.3. The van der Waals surface area contributed by atoms with Crippen LogP contribution in [0.15, 0.2) is 4.52 Å². The Morgan fingerprint density at radius 2 is 2.35 bits per heavy atom. The molecule has 0 bridgehead atoms. The predicted octanol–water partition coefficient (Wildman–Crippen LogP) is 1.29. The Labute approximate surface area is 119 Å². The summed E-state index contributed by atoms with van der Waals surface area (Å²) >= 11 is 0. The lowest BCUT2D eigenvalue weighted by atomic mass is 10.2. The first-order chi connectivity index (χ1) is 9.74. The molecule has 112 valence electrons. The fraction of sp³-hybridized carbons (Fsp3) is 0.786. The van der Waals surface area contributed by atoms with Crippen LogP contribution in [0.5, 0.6) is 0 Å². The van der Waals surface area contributed by atoms with Crippen LogP contribution in [0.2, 0.25) is 0 Å². The molecule has 1 amide bonds. The maximum Gasteiger partial charge on any atom is 0.226 e. The van der Waals surface area contributed by atoms with E-state index in [9.17, 15) is 4.79 Å². The minimum Gasteiger partial charge on any atom is -0.339 e. The molecule has 1 unspecified atom stereocenters. The lowest BCUT2D eigenvalue weighted by molar-refractivity contribution is -0.131. The Morgan fingerprint density at radius 1 is 1.50 bits per heavy atom. The molecule has 6 heteroatoms. The van der Waals surface area contributed by atoms with Gasteiger partial charge in [-0.25, -0.2) is 0 Å². The quantitative estimate of drug-likeness (QED) is 0.813. The number of rotatable bonds is 7.